The minimum atomic E-state index is -0.590. The number of hydrogen-bond donors (Lipinski definition) is 2. The first-order chi connectivity index (χ1) is 14.4. The van der Waals surface area contributed by atoms with E-state index in [-0.39, 0.29) is 16.2 Å². The fraction of sp³-hybridized carbons (Fsp3) is 0.143. The van der Waals surface area contributed by atoms with Crippen LogP contribution in [0.3, 0.4) is 0 Å². The van der Waals surface area contributed by atoms with E-state index in [4.69, 9.17) is 17.0 Å². The van der Waals surface area contributed by atoms with Crippen molar-refractivity contribution in [1.82, 2.24) is 9.55 Å². The van der Waals surface area contributed by atoms with Gasteiger partial charge in [-0.3, -0.25) is 19.3 Å². The lowest BCUT2D eigenvalue weighted by Crippen LogP contribution is -2.18. The molecule has 0 radical (unpaired) electrons. The van der Waals surface area contributed by atoms with E-state index in [1.165, 1.54) is 24.0 Å². The Morgan fingerprint density at radius 2 is 2.00 bits per heavy atom. The summed E-state index contributed by atoms with van der Waals surface area (Å²) in [6.07, 6.45) is 1.21. The Morgan fingerprint density at radius 1 is 1.27 bits per heavy atom. The normalized spacial score (nSPS) is 10.9. The standard InChI is InChI=1S/C21H19N3O5S/c1-3-29-16-9-7-15(8-10-16)24-19(26)17(18(25)23-21(24)30)12-22-14-6-4-5-13(11-14)20(27)28-2/h4-12,26H,3H2,1-2H3,(H,23,25,30). The van der Waals surface area contributed by atoms with Gasteiger partial charge in [-0.25, -0.2) is 4.79 Å². The fourth-order valence-corrected chi connectivity index (χ4v) is 3.01. The molecule has 0 aliphatic rings. The van der Waals surface area contributed by atoms with Crippen molar-refractivity contribution in [1.29, 1.82) is 0 Å². The lowest BCUT2D eigenvalue weighted by Gasteiger charge is -2.12. The van der Waals surface area contributed by atoms with Crippen molar-refractivity contribution in [3.63, 3.8) is 0 Å². The molecule has 2 aromatic carbocycles. The Morgan fingerprint density at radius 3 is 2.67 bits per heavy atom. The molecule has 2 N–H and O–H groups in total. The molecule has 0 saturated heterocycles. The third kappa shape index (κ3) is 4.47. The van der Waals surface area contributed by atoms with E-state index in [1.807, 2.05) is 6.92 Å². The molecule has 1 heterocycles. The maximum absolute atomic E-state index is 12.3. The molecule has 8 nitrogen and oxygen atoms in total. The summed E-state index contributed by atoms with van der Waals surface area (Å²) in [5, 5.41) is 10.7. The van der Waals surface area contributed by atoms with Crippen LogP contribution in [0.25, 0.3) is 5.69 Å². The highest BCUT2D eigenvalue weighted by atomic mass is 32.1. The highest BCUT2D eigenvalue weighted by Gasteiger charge is 2.13. The first-order valence-electron chi connectivity index (χ1n) is 8.98. The van der Waals surface area contributed by atoms with Crippen LogP contribution in [0.4, 0.5) is 5.69 Å². The second-order valence-corrected chi connectivity index (χ2v) is 6.45. The Balaban J connectivity index is 2.01. The molecule has 0 amide bonds. The number of aromatic amines is 1. The summed E-state index contributed by atoms with van der Waals surface area (Å²) in [7, 11) is 1.28. The number of aliphatic imine (C=N–C) groups is 1. The van der Waals surface area contributed by atoms with E-state index >= 15 is 0 Å². The van der Waals surface area contributed by atoms with Crippen LogP contribution in [-0.4, -0.2) is 40.6 Å². The third-order valence-corrected chi connectivity index (χ3v) is 4.42. The molecule has 0 bridgehead atoms. The molecule has 0 aliphatic carbocycles. The van der Waals surface area contributed by atoms with Gasteiger partial charge < -0.3 is 14.6 Å². The van der Waals surface area contributed by atoms with Crippen LogP contribution in [0.2, 0.25) is 0 Å². The van der Waals surface area contributed by atoms with Gasteiger partial charge in [0.2, 0.25) is 5.88 Å². The van der Waals surface area contributed by atoms with E-state index in [1.54, 1.807) is 42.5 Å². The van der Waals surface area contributed by atoms with Crippen molar-refractivity contribution in [2.24, 2.45) is 4.99 Å². The number of aromatic hydroxyl groups is 1. The van der Waals surface area contributed by atoms with Gasteiger partial charge in [0.25, 0.3) is 5.56 Å². The van der Waals surface area contributed by atoms with E-state index in [2.05, 4.69) is 14.7 Å². The molecule has 0 aliphatic heterocycles. The number of nitrogens with one attached hydrogen (secondary N) is 1. The average molecular weight is 425 g/mol. The number of carbonyl (C=O) groups excluding carboxylic acids is 1. The summed E-state index contributed by atoms with van der Waals surface area (Å²) >= 11 is 5.21. The van der Waals surface area contributed by atoms with Crippen LogP contribution in [0.15, 0.2) is 58.3 Å². The number of methoxy groups -OCH3 is 1. The van der Waals surface area contributed by atoms with Crippen LogP contribution in [0.5, 0.6) is 11.6 Å². The quantitative estimate of drug-likeness (QED) is 0.356. The summed E-state index contributed by atoms with van der Waals surface area (Å²) < 4.78 is 11.4. The van der Waals surface area contributed by atoms with Gasteiger partial charge in [0.1, 0.15) is 11.3 Å². The van der Waals surface area contributed by atoms with Crippen LogP contribution in [0, 0.1) is 4.77 Å². The van der Waals surface area contributed by atoms with Crippen molar-refractivity contribution in [2.45, 2.75) is 6.92 Å². The van der Waals surface area contributed by atoms with Crippen molar-refractivity contribution < 1.29 is 19.4 Å². The Bertz CT molecular complexity index is 1210. The molecule has 3 aromatic rings. The summed E-state index contributed by atoms with van der Waals surface area (Å²) in [5.74, 6) is -0.193. The second-order valence-electron chi connectivity index (χ2n) is 6.06. The number of nitrogens with zero attached hydrogens (tertiary/aromatic N) is 2. The highest BCUT2D eigenvalue weighted by molar-refractivity contribution is 7.71. The summed E-state index contributed by atoms with van der Waals surface area (Å²) in [4.78, 5) is 30.7. The van der Waals surface area contributed by atoms with Crippen LogP contribution in [-0.2, 0) is 4.74 Å². The van der Waals surface area contributed by atoms with Crippen molar-refractivity contribution >= 4 is 30.1 Å². The summed E-state index contributed by atoms with van der Waals surface area (Å²) in [6.45, 7) is 2.41. The maximum Gasteiger partial charge on any atom is 0.337 e. The van der Waals surface area contributed by atoms with Gasteiger partial charge in [0.05, 0.1) is 30.7 Å². The summed E-state index contributed by atoms with van der Waals surface area (Å²) in [5.41, 5.74) is 0.593. The van der Waals surface area contributed by atoms with Gasteiger partial charge in [-0.1, -0.05) is 6.07 Å². The lowest BCUT2D eigenvalue weighted by atomic mass is 10.2. The van der Waals surface area contributed by atoms with Crippen molar-refractivity contribution in [2.75, 3.05) is 13.7 Å². The topological polar surface area (TPSA) is 106 Å². The number of aromatic nitrogens is 2. The minimum absolute atomic E-state index is 0.0338. The fourth-order valence-electron chi connectivity index (χ4n) is 2.72. The van der Waals surface area contributed by atoms with Gasteiger partial charge in [-0.2, -0.15) is 0 Å². The van der Waals surface area contributed by atoms with E-state index < -0.39 is 11.5 Å². The lowest BCUT2D eigenvalue weighted by molar-refractivity contribution is 0.0600. The Labute approximate surface area is 177 Å². The van der Waals surface area contributed by atoms with Gasteiger partial charge >= 0.3 is 5.97 Å². The minimum Gasteiger partial charge on any atom is -0.494 e. The largest absolute Gasteiger partial charge is 0.494 e. The number of H-pyrrole nitrogens is 1. The van der Waals surface area contributed by atoms with Gasteiger partial charge in [0, 0.05) is 6.21 Å². The molecule has 9 heteroatoms. The summed E-state index contributed by atoms with van der Waals surface area (Å²) in [6, 6.07) is 13.3. The number of rotatable bonds is 6. The smallest absolute Gasteiger partial charge is 0.337 e. The monoisotopic (exact) mass is 425 g/mol. The molecule has 30 heavy (non-hydrogen) atoms. The number of benzene rings is 2. The molecule has 0 atom stereocenters. The molecule has 0 spiro atoms. The van der Waals surface area contributed by atoms with Crippen molar-refractivity contribution in [3.8, 4) is 17.3 Å². The second kappa shape index (κ2) is 9.19. The molecule has 0 saturated carbocycles. The zero-order chi connectivity index (χ0) is 21.7. The number of ether oxygens (including phenoxy) is 2. The number of esters is 1. The third-order valence-electron chi connectivity index (χ3n) is 4.14. The van der Waals surface area contributed by atoms with Crippen LogP contribution in [0.1, 0.15) is 22.8 Å². The molecular weight excluding hydrogens is 406 g/mol. The Kier molecular flexibility index (Phi) is 6.43. The predicted molar refractivity (Wildman–Crippen MR) is 115 cm³/mol. The van der Waals surface area contributed by atoms with E-state index in [0.29, 0.717) is 29.3 Å². The van der Waals surface area contributed by atoms with Crippen LogP contribution < -0.4 is 10.3 Å². The average Bonchev–Trinajstić information content (AvgIpc) is 2.74. The van der Waals surface area contributed by atoms with Crippen molar-refractivity contribution in [3.05, 3.63) is 74.8 Å². The molecule has 3 rings (SSSR count). The van der Waals surface area contributed by atoms with Crippen LogP contribution >= 0.6 is 12.2 Å². The maximum atomic E-state index is 12.3. The SMILES string of the molecule is CCOc1ccc(-n2c(O)c(C=Nc3cccc(C(=O)OC)c3)c(=O)[nH]c2=S)cc1. The highest BCUT2D eigenvalue weighted by Crippen LogP contribution is 2.22. The predicted octanol–water partition coefficient (Wildman–Crippen LogP) is 3.54. The zero-order valence-electron chi connectivity index (χ0n) is 16.3. The first-order valence-corrected chi connectivity index (χ1v) is 9.39. The zero-order valence-corrected chi connectivity index (χ0v) is 17.1. The first kappa shape index (κ1) is 21.0. The number of carbonyl (C=O) groups is 1. The van der Waals surface area contributed by atoms with Gasteiger partial charge in [-0.15, -0.1) is 0 Å². The molecule has 0 fully saturated rings. The van der Waals surface area contributed by atoms with E-state index in [0.717, 1.165) is 0 Å². The Hall–Kier alpha value is -3.72. The molecule has 154 valence electrons. The van der Waals surface area contributed by atoms with Gasteiger partial charge in [-0.05, 0) is 61.6 Å². The van der Waals surface area contributed by atoms with E-state index in [9.17, 15) is 14.7 Å². The molecule has 0 unspecified atom stereocenters. The number of hydrogen-bond acceptors (Lipinski definition) is 7. The molecule has 1 aromatic heterocycles. The molecular formula is C21H19N3O5S. The van der Waals surface area contributed by atoms with Gasteiger partial charge in [0.15, 0.2) is 4.77 Å².